The Labute approximate surface area is 214 Å². The highest BCUT2D eigenvalue weighted by atomic mass is 16.5. The van der Waals surface area contributed by atoms with E-state index in [9.17, 15) is 9.59 Å². The molecular formula is C27H33N7O3. The summed E-state index contributed by atoms with van der Waals surface area (Å²) in [5, 5.41) is 6.01. The standard InChI is InChI=1S/C27H33N7O3/c1-16-10-23-21(25-22(26(35)31-23)12-30-34(25)19-4-8-37-9-5-19)11-20(16)27(36)33-7-6-32(17(2)13-33)14-24-18(3)28-15-29-24/h10-12,15,17,19H,4-9,13-14H2,1-3H3,(H,28,29)(H,31,35)/t17-/m0/s1. The Morgan fingerprint density at radius 1 is 1.16 bits per heavy atom. The Kier molecular flexibility index (Phi) is 6.08. The van der Waals surface area contributed by atoms with Crippen LogP contribution in [0.3, 0.4) is 0 Å². The fourth-order valence-corrected chi connectivity index (χ4v) is 5.77. The number of piperazine rings is 1. The Balaban J connectivity index is 1.32. The van der Waals surface area contributed by atoms with Crippen LogP contribution in [0.4, 0.5) is 0 Å². The molecular weight excluding hydrogens is 470 g/mol. The molecule has 0 spiro atoms. The van der Waals surface area contributed by atoms with E-state index in [-0.39, 0.29) is 23.6 Å². The summed E-state index contributed by atoms with van der Waals surface area (Å²) in [5.74, 6) is 0.0279. The van der Waals surface area contributed by atoms with Gasteiger partial charge in [-0.25, -0.2) is 4.98 Å². The van der Waals surface area contributed by atoms with E-state index in [0.29, 0.717) is 37.3 Å². The van der Waals surface area contributed by atoms with Crippen LogP contribution in [0.5, 0.6) is 0 Å². The van der Waals surface area contributed by atoms with Gasteiger partial charge in [0, 0.05) is 56.4 Å². The molecule has 1 amide bonds. The third-order valence-electron chi connectivity index (χ3n) is 8.02. The summed E-state index contributed by atoms with van der Waals surface area (Å²) >= 11 is 0. The number of benzene rings is 1. The van der Waals surface area contributed by atoms with Crippen LogP contribution in [0.1, 0.15) is 53.1 Å². The average molecular weight is 504 g/mol. The summed E-state index contributed by atoms with van der Waals surface area (Å²) in [6.07, 6.45) is 5.08. The van der Waals surface area contributed by atoms with E-state index in [4.69, 9.17) is 4.74 Å². The van der Waals surface area contributed by atoms with Crippen molar-refractivity contribution in [2.75, 3.05) is 32.8 Å². The number of aryl methyl sites for hydroxylation is 2. The van der Waals surface area contributed by atoms with Crippen LogP contribution in [0.2, 0.25) is 0 Å². The van der Waals surface area contributed by atoms with Gasteiger partial charge >= 0.3 is 0 Å². The molecule has 1 aromatic carbocycles. The number of carbonyl (C=O) groups is 1. The average Bonchev–Trinajstić information content (AvgIpc) is 3.52. The Morgan fingerprint density at radius 2 is 1.97 bits per heavy atom. The van der Waals surface area contributed by atoms with E-state index >= 15 is 0 Å². The molecule has 0 radical (unpaired) electrons. The van der Waals surface area contributed by atoms with E-state index in [1.807, 2.05) is 35.6 Å². The van der Waals surface area contributed by atoms with E-state index < -0.39 is 0 Å². The van der Waals surface area contributed by atoms with Crippen LogP contribution in [0.15, 0.2) is 29.5 Å². The highest BCUT2D eigenvalue weighted by Crippen LogP contribution is 2.30. The lowest BCUT2D eigenvalue weighted by Gasteiger charge is -2.40. The largest absolute Gasteiger partial charge is 0.381 e. The summed E-state index contributed by atoms with van der Waals surface area (Å²) in [7, 11) is 0. The maximum absolute atomic E-state index is 13.8. The molecule has 10 heteroatoms. The molecule has 2 fully saturated rings. The smallest absolute Gasteiger partial charge is 0.259 e. The number of rotatable bonds is 4. The topological polar surface area (TPSA) is 112 Å². The fourth-order valence-electron chi connectivity index (χ4n) is 5.77. The molecule has 4 aromatic rings. The normalized spacial score (nSPS) is 19.8. The first-order valence-electron chi connectivity index (χ1n) is 13.0. The van der Waals surface area contributed by atoms with Crippen LogP contribution in [0.25, 0.3) is 21.8 Å². The third kappa shape index (κ3) is 4.23. The van der Waals surface area contributed by atoms with Crippen molar-refractivity contribution in [1.29, 1.82) is 0 Å². The number of amides is 1. The number of nitrogens with zero attached hydrogens (tertiary/aromatic N) is 5. The predicted octanol–water partition coefficient (Wildman–Crippen LogP) is 2.92. The van der Waals surface area contributed by atoms with E-state index in [0.717, 1.165) is 59.3 Å². The van der Waals surface area contributed by atoms with E-state index in [1.165, 1.54) is 0 Å². The van der Waals surface area contributed by atoms with Gasteiger partial charge < -0.3 is 19.6 Å². The minimum Gasteiger partial charge on any atom is -0.381 e. The van der Waals surface area contributed by atoms with Gasteiger partial charge in [0.1, 0.15) is 0 Å². The maximum atomic E-state index is 13.8. The Hall–Kier alpha value is -3.50. The quantitative estimate of drug-likeness (QED) is 0.443. The number of carbonyl (C=O) groups excluding carboxylic acids is 1. The maximum Gasteiger partial charge on any atom is 0.259 e. The molecule has 0 aliphatic carbocycles. The van der Waals surface area contributed by atoms with E-state index in [2.05, 4.69) is 31.9 Å². The lowest BCUT2D eigenvalue weighted by molar-refractivity contribution is 0.0491. The molecule has 5 heterocycles. The minimum atomic E-state index is -0.156. The van der Waals surface area contributed by atoms with Gasteiger partial charge in [0.2, 0.25) is 0 Å². The van der Waals surface area contributed by atoms with Crippen LogP contribution in [0, 0.1) is 13.8 Å². The highest BCUT2D eigenvalue weighted by molar-refractivity contribution is 6.07. The third-order valence-corrected chi connectivity index (χ3v) is 8.02. The number of hydrogen-bond donors (Lipinski definition) is 2. The lowest BCUT2D eigenvalue weighted by atomic mass is 10.0. The van der Waals surface area contributed by atoms with Crippen LogP contribution < -0.4 is 5.56 Å². The fraction of sp³-hybridized carbons (Fsp3) is 0.481. The first-order chi connectivity index (χ1) is 17.9. The molecule has 0 saturated carbocycles. The number of aromatic amines is 2. The van der Waals surface area contributed by atoms with Crippen molar-refractivity contribution in [2.45, 2.75) is 52.2 Å². The van der Waals surface area contributed by atoms with Crippen LogP contribution >= 0.6 is 0 Å². The first-order valence-corrected chi connectivity index (χ1v) is 13.0. The summed E-state index contributed by atoms with van der Waals surface area (Å²) in [4.78, 5) is 41.5. The number of ether oxygens (including phenoxy) is 1. The lowest BCUT2D eigenvalue weighted by Crippen LogP contribution is -2.53. The zero-order chi connectivity index (χ0) is 25.7. The van der Waals surface area contributed by atoms with Crippen LogP contribution in [-0.4, -0.2) is 79.3 Å². The van der Waals surface area contributed by atoms with Gasteiger partial charge in [-0.05, 0) is 51.3 Å². The SMILES string of the molecule is Cc1cc2[nH]c(=O)c3cnn(C4CCOCC4)c3c2cc1C(=O)N1CCN(Cc2[nH]cnc2C)[C@@H](C)C1. The zero-order valence-corrected chi connectivity index (χ0v) is 21.6. The van der Waals surface area contributed by atoms with Gasteiger partial charge in [0.05, 0.1) is 46.4 Å². The van der Waals surface area contributed by atoms with Crippen molar-refractivity contribution in [3.05, 3.63) is 57.5 Å². The van der Waals surface area contributed by atoms with Gasteiger partial charge in [-0.2, -0.15) is 5.10 Å². The summed E-state index contributed by atoms with van der Waals surface area (Å²) < 4.78 is 7.51. The van der Waals surface area contributed by atoms with E-state index in [1.54, 1.807) is 12.5 Å². The van der Waals surface area contributed by atoms with Gasteiger partial charge in [0.25, 0.3) is 11.5 Å². The molecule has 0 unspecified atom stereocenters. The number of imidazole rings is 1. The minimum absolute atomic E-state index is 0.0279. The Bertz CT molecular complexity index is 1530. The first kappa shape index (κ1) is 23.9. The summed E-state index contributed by atoms with van der Waals surface area (Å²) in [6.45, 7) is 10.4. The molecule has 2 aliphatic rings. The molecule has 37 heavy (non-hydrogen) atoms. The van der Waals surface area contributed by atoms with Crippen molar-refractivity contribution < 1.29 is 9.53 Å². The van der Waals surface area contributed by atoms with Gasteiger partial charge in [0.15, 0.2) is 0 Å². The number of nitrogens with one attached hydrogen (secondary N) is 2. The second-order valence-electron chi connectivity index (χ2n) is 10.4. The molecule has 6 rings (SSSR count). The second-order valence-corrected chi connectivity index (χ2v) is 10.4. The summed E-state index contributed by atoms with van der Waals surface area (Å²) in [6, 6.07) is 4.27. The number of pyridine rings is 1. The number of fused-ring (bicyclic) bond motifs is 3. The Morgan fingerprint density at radius 3 is 2.70 bits per heavy atom. The second kappa shape index (κ2) is 9.42. The van der Waals surface area contributed by atoms with Crippen molar-refractivity contribution >= 4 is 27.7 Å². The van der Waals surface area contributed by atoms with Crippen molar-refractivity contribution in [1.82, 2.24) is 34.5 Å². The summed E-state index contributed by atoms with van der Waals surface area (Å²) in [5.41, 5.74) is 5.04. The number of aromatic nitrogens is 5. The predicted molar refractivity (Wildman–Crippen MR) is 141 cm³/mol. The molecule has 1 atom stereocenters. The molecule has 0 bridgehead atoms. The number of hydrogen-bond acceptors (Lipinski definition) is 6. The van der Waals surface area contributed by atoms with Gasteiger partial charge in [-0.3, -0.25) is 19.2 Å². The molecule has 2 saturated heterocycles. The molecule has 2 N–H and O–H groups in total. The molecule has 194 valence electrons. The number of H-pyrrole nitrogens is 2. The molecule has 10 nitrogen and oxygen atoms in total. The van der Waals surface area contributed by atoms with Crippen molar-refractivity contribution in [2.24, 2.45) is 0 Å². The zero-order valence-electron chi connectivity index (χ0n) is 21.6. The van der Waals surface area contributed by atoms with Crippen LogP contribution in [-0.2, 0) is 11.3 Å². The monoisotopic (exact) mass is 503 g/mol. The van der Waals surface area contributed by atoms with Gasteiger partial charge in [-0.1, -0.05) is 0 Å². The molecule has 3 aromatic heterocycles. The van der Waals surface area contributed by atoms with Crippen molar-refractivity contribution in [3.8, 4) is 0 Å². The highest BCUT2D eigenvalue weighted by Gasteiger charge is 2.29. The van der Waals surface area contributed by atoms with Gasteiger partial charge in [-0.15, -0.1) is 0 Å². The molecule has 2 aliphatic heterocycles. The van der Waals surface area contributed by atoms with Crippen molar-refractivity contribution in [3.63, 3.8) is 0 Å².